The lowest BCUT2D eigenvalue weighted by atomic mass is 9.99. The second-order valence-corrected chi connectivity index (χ2v) is 6.35. The molecule has 1 unspecified atom stereocenters. The molecular weight excluding hydrogens is 300 g/mol. The monoisotopic (exact) mass is 324 g/mol. The fraction of sp³-hybridized carbons (Fsp3) is 0.421. The number of benzene rings is 1. The van der Waals surface area contributed by atoms with Crippen molar-refractivity contribution in [3.8, 4) is 0 Å². The summed E-state index contributed by atoms with van der Waals surface area (Å²) in [4.78, 5) is 14.6. The Hall–Kier alpha value is -2.43. The predicted molar refractivity (Wildman–Crippen MR) is 95.5 cm³/mol. The number of aryl methyl sites for hydroxylation is 1. The summed E-state index contributed by atoms with van der Waals surface area (Å²) in [5.74, 6) is 0.638. The van der Waals surface area contributed by atoms with Gasteiger partial charge in [0, 0.05) is 18.3 Å². The number of amides is 1. The van der Waals surface area contributed by atoms with Gasteiger partial charge >= 0.3 is 0 Å². The number of hydrogen-bond donors (Lipinski definition) is 1. The summed E-state index contributed by atoms with van der Waals surface area (Å²) in [6.45, 7) is 5.00. The third kappa shape index (κ3) is 3.72. The van der Waals surface area contributed by atoms with Gasteiger partial charge in [-0.3, -0.25) is 4.79 Å². The van der Waals surface area contributed by atoms with Gasteiger partial charge in [0.15, 0.2) is 11.5 Å². The number of hydrogen-bond acceptors (Lipinski definition) is 4. The zero-order chi connectivity index (χ0) is 16.9. The number of carbonyl (C=O) groups is 1. The molecule has 2 heterocycles. The number of nitrogens with zero attached hydrogens (tertiary/aromatic N) is 3. The van der Waals surface area contributed by atoms with Gasteiger partial charge in [-0.1, -0.05) is 19.1 Å². The molecule has 1 saturated heterocycles. The van der Waals surface area contributed by atoms with E-state index in [0.717, 1.165) is 31.5 Å². The fourth-order valence-corrected chi connectivity index (χ4v) is 3.22. The third-order valence-corrected chi connectivity index (χ3v) is 4.53. The highest BCUT2D eigenvalue weighted by molar-refractivity contribution is 5.92. The van der Waals surface area contributed by atoms with Crippen LogP contribution >= 0.6 is 0 Å². The Morgan fingerprint density at radius 2 is 2.12 bits per heavy atom. The van der Waals surface area contributed by atoms with Crippen LogP contribution in [0.5, 0.6) is 0 Å². The summed E-state index contributed by atoms with van der Waals surface area (Å²) >= 11 is 0. The molecule has 3 rings (SSSR count). The van der Waals surface area contributed by atoms with Crippen LogP contribution in [0.2, 0.25) is 0 Å². The van der Waals surface area contributed by atoms with E-state index >= 15 is 0 Å². The smallest absolute Gasteiger partial charge is 0.274 e. The molecule has 0 bridgehead atoms. The van der Waals surface area contributed by atoms with Crippen molar-refractivity contribution in [2.24, 2.45) is 0 Å². The number of nitrogens with one attached hydrogen (secondary N) is 1. The largest absolute Gasteiger partial charge is 0.339 e. The second kappa shape index (κ2) is 7.43. The molecule has 5 nitrogen and oxygen atoms in total. The van der Waals surface area contributed by atoms with E-state index in [1.165, 1.54) is 12.0 Å². The number of rotatable bonds is 4. The molecular formula is C19H24N4O. The lowest BCUT2D eigenvalue weighted by Gasteiger charge is -2.34. The summed E-state index contributed by atoms with van der Waals surface area (Å²) in [6.07, 6.45) is 4.35. The molecule has 0 spiro atoms. The molecule has 1 fully saturated rings. The molecule has 0 aliphatic carbocycles. The standard InChI is InChI=1S/C19H24N4O/c1-3-16-9-4-5-12-23(16)19(24)17-10-11-18(22-21-17)20-15-8-6-7-14(2)13-15/h6-8,10-11,13,16H,3-5,9,12H2,1-2H3,(H,20,22). The van der Waals surface area contributed by atoms with Crippen molar-refractivity contribution in [2.75, 3.05) is 11.9 Å². The average Bonchev–Trinajstić information content (AvgIpc) is 2.62. The van der Waals surface area contributed by atoms with Gasteiger partial charge in [-0.15, -0.1) is 10.2 Å². The van der Waals surface area contributed by atoms with Crippen LogP contribution in [-0.4, -0.2) is 33.6 Å². The Morgan fingerprint density at radius 1 is 1.25 bits per heavy atom. The van der Waals surface area contributed by atoms with Crippen molar-refractivity contribution < 1.29 is 4.79 Å². The number of carbonyl (C=O) groups excluding carboxylic acids is 1. The minimum atomic E-state index is -0.00356. The molecule has 2 aromatic rings. The molecule has 0 radical (unpaired) electrons. The van der Waals surface area contributed by atoms with Gasteiger partial charge in [0.1, 0.15) is 0 Å². The molecule has 1 amide bonds. The molecule has 126 valence electrons. The normalized spacial score (nSPS) is 17.6. The van der Waals surface area contributed by atoms with Crippen molar-refractivity contribution in [3.05, 3.63) is 47.7 Å². The molecule has 0 saturated carbocycles. The highest BCUT2D eigenvalue weighted by Crippen LogP contribution is 2.21. The number of likely N-dealkylation sites (tertiary alicyclic amines) is 1. The van der Waals surface area contributed by atoms with Crippen molar-refractivity contribution >= 4 is 17.4 Å². The Labute approximate surface area is 143 Å². The Balaban J connectivity index is 1.70. The van der Waals surface area contributed by atoms with E-state index in [4.69, 9.17) is 0 Å². The summed E-state index contributed by atoms with van der Waals surface area (Å²) in [5.41, 5.74) is 2.56. The maximum Gasteiger partial charge on any atom is 0.274 e. The molecule has 24 heavy (non-hydrogen) atoms. The van der Waals surface area contributed by atoms with Crippen LogP contribution in [0.1, 0.15) is 48.7 Å². The van der Waals surface area contributed by atoms with Crippen LogP contribution in [0, 0.1) is 6.92 Å². The number of aromatic nitrogens is 2. The topological polar surface area (TPSA) is 58.1 Å². The van der Waals surface area contributed by atoms with E-state index < -0.39 is 0 Å². The zero-order valence-electron chi connectivity index (χ0n) is 14.3. The quantitative estimate of drug-likeness (QED) is 0.925. The zero-order valence-corrected chi connectivity index (χ0v) is 14.3. The second-order valence-electron chi connectivity index (χ2n) is 6.35. The first-order chi connectivity index (χ1) is 11.7. The summed E-state index contributed by atoms with van der Waals surface area (Å²) < 4.78 is 0. The lowest BCUT2D eigenvalue weighted by molar-refractivity contribution is 0.0601. The molecule has 1 aromatic carbocycles. The van der Waals surface area contributed by atoms with Gasteiger partial charge in [0.25, 0.3) is 5.91 Å². The average molecular weight is 324 g/mol. The van der Waals surface area contributed by atoms with Crippen LogP contribution < -0.4 is 5.32 Å². The maximum absolute atomic E-state index is 12.7. The molecule has 1 aliphatic heterocycles. The molecule has 1 aliphatic rings. The molecule has 5 heteroatoms. The highest BCUT2D eigenvalue weighted by Gasteiger charge is 2.27. The van der Waals surface area contributed by atoms with Crippen LogP contribution in [0.25, 0.3) is 0 Å². The summed E-state index contributed by atoms with van der Waals surface area (Å²) in [5, 5.41) is 11.5. The fourth-order valence-electron chi connectivity index (χ4n) is 3.22. The predicted octanol–water partition coefficient (Wildman–Crippen LogP) is 3.93. The van der Waals surface area contributed by atoms with Crippen molar-refractivity contribution in [3.63, 3.8) is 0 Å². The first-order valence-corrected chi connectivity index (χ1v) is 8.66. The maximum atomic E-state index is 12.7. The van der Waals surface area contributed by atoms with E-state index in [-0.39, 0.29) is 5.91 Å². The number of anilines is 2. The summed E-state index contributed by atoms with van der Waals surface area (Å²) in [7, 11) is 0. The van der Waals surface area contributed by atoms with Crippen LogP contribution in [0.3, 0.4) is 0 Å². The van der Waals surface area contributed by atoms with Crippen LogP contribution in [-0.2, 0) is 0 Å². The van der Waals surface area contributed by atoms with Crippen molar-refractivity contribution in [1.29, 1.82) is 0 Å². The SMILES string of the molecule is CCC1CCCCN1C(=O)c1ccc(Nc2cccc(C)c2)nn1. The highest BCUT2D eigenvalue weighted by atomic mass is 16.2. The third-order valence-electron chi connectivity index (χ3n) is 4.53. The summed E-state index contributed by atoms with van der Waals surface area (Å²) in [6, 6.07) is 12.0. The lowest BCUT2D eigenvalue weighted by Crippen LogP contribution is -2.43. The van der Waals surface area contributed by atoms with E-state index in [2.05, 4.69) is 22.4 Å². The minimum Gasteiger partial charge on any atom is -0.339 e. The first kappa shape index (κ1) is 16.4. The van der Waals surface area contributed by atoms with E-state index in [1.54, 1.807) is 6.07 Å². The van der Waals surface area contributed by atoms with E-state index in [0.29, 0.717) is 17.6 Å². The van der Waals surface area contributed by atoms with Crippen molar-refractivity contribution in [2.45, 2.75) is 45.6 Å². The van der Waals surface area contributed by atoms with Gasteiger partial charge in [-0.05, 0) is 62.4 Å². The molecule has 1 atom stereocenters. The Bertz CT molecular complexity index is 699. The van der Waals surface area contributed by atoms with Crippen LogP contribution in [0.15, 0.2) is 36.4 Å². The minimum absolute atomic E-state index is 0.00356. The number of piperidine rings is 1. The van der Waals surface area contributed by atoms with E-state index in [1.807, 2.05) is 42.2 Å². The first-order valence-electron chi connectivity index (χ1n) is 8.66. The van der Waals surface area contributed by atoms with Gasteiger partial charge in [-0.25, -0.2) is 0 Å². The van der Waals surface area contributed by atoms with Gasteiger partial charge in [0.05, 0.1) is 0 Å². The van der Waals surface area contributed by atoms with Gasteiger partial charge in [-0.2, -0.15) is 0 Å². The van der Waals surface area contributed by atoms with Gasteiger partial charge in [0.2, 0.25) is 0 Å². The Morgan fingerprint density at radius 3 is 2.83 bits per heavy atom. The van der Waals surface area contributed by atoms with Crippen LogP contribution in [0.4, 0.5) is 11.5 Å². The molecule has 1 aromatic heterocycles. The molecule has 1 N–H and O–H groups in total. The van der Waals surface area contributed by atoms with E-state index in [9.17, 15) is 4.79 Å². The van der Waals surface area contributed by atoms with Gasteiger partial charge < -0.3 is 10.2 Å². The Kier molecular flexibility index (Phi) is 5.08. The van der Waals surface area contributed by atoms with Crippen molar-refractivity contribution in [1.82, 2.24) is 15.1 Å².